The highest BCUT2D eigenvalue weighted by molar-refractivity contribution is 7.80. The van der Waals surface area contributed by atoms with Crippen molar-refractivity contribution in [1.29, 1.82) is 0 Å². The van der Waals surface area contributed by atoms with Crippen molar-refractivity contribution in [2.45, 2.75) is 38.6 Å². The molecular weight excluding hydrogens is 186 g/mol. The number of ether oxygens (including phenoxy) is 1. The summed E-state index contributed by atoms with van der Waals surface area (Å²) in [5, 5.41) is 0. The van der Waals surface area contributed by atoms with Crippen molar-refractivity contribution in [3.8, 4) is 0 Å². The summed E-state index contributed by atoms with van der Waals surface area (Å²) >= 11 is 3.99. The summed E-state index contributed by atoms with van der Waals surface area (Å²) in [5.74, 6) is 0.316. The van der Waals surface area contributed by atoms with Gasteiger partial charge in [-0.3, -0.25) is 4.79 Å². The van der Waals surface area contributed by atoms with Crippen LogP contribution in [0.2, 0.25) is 0 Å². The molecule has 0 aromatic carbocycles. The molecule has 0 amide bonds. The molecule has 0 aliphatic rings. The Morgan fingerprint density at radius 1 is 1.54 bits per heavy atom. The van der Waals surface area contributed by atoms with Crippen molar-refractivity contribution in [2.75, 3.05) is 12.4 Å². The van der Waals surface area contributed by atoms with Crippen molar-refractivity contribution in [1.82, 2.24) is 0 Å². The maximum absolute atomic E-state index is 11.1. The standard InChI is InChI=1S/C9H19NO2S/c1-2-3-4-6-12-9(11)8(10)5-7-13/h8,13H,2-7,10H2,1H3/t8-/m0/s1. The molecule has 0 unspecified atom stereocenters. The lowest BCUT2D eigenvalue weighted by atomic mass is 10.2. The smallest absolute Gasteiger partial charge is 0.322 e. The molecule has 0 fully saturated rings. The van der Waals surface area contributed by atoms with Gasteiger partial charge in [-0.1, -0.05) is 19.8 Å². The van der Waals surface area contributed by atoms with E-state index in [0.717, 1.165) is 19.3 Å². The number of unbranched alkanes of at least 4 members (excludes halogenated alkanes) is 2. The Morgan fingerprint density at radius 2 is 2.23 bits per heavy atom. The summed E-state index contributed by atoms with van der Waals surface area (Å²) in [6.07, 6.45) is 3.72. The Morgan fingerprint density at radius 3 is 2.77 bits per heavy atom. The number of rotatable bonds is 7. The van der Waals surface area contributed by atoms with Gasteiger partial charge in [-0.05, 0) is 18.6 Å². The Hall–Kier alpha value is -0.220. The second-order valence-electron chi connectivity index (χ2n) is 2.99. The summed E-state index contributed by atoms with van der Waals surface area (Å²) in [6.45, 7) is 2.60. The zero-order chi connectivity index (χ0) is 10.1. The maximum Gasteiger partial charge on any atom is 0.322 e. The summed E-state index contributed by atoms with van der Waals surface area (Å²) in [4.78, 5) is 11.1. The summed E-state index contributed by atoms with van der Waals surface area (Å²) in [6, 6.07) is -0.501. The van der Waals surface area contributed by atoms with Crippen LogP contribution in [0.25, 0.3) is 0 Å². The minimum Gasteiger partial charge on any atom is -0.465 e. The van der Waals surface area contributed by atoms with Gasteiger partial charge in [0.1, 0.15) is 6.04 Å². The first-order valence-electron chi connectivity index (χ1n) is 4.75. The molecule has 0 bridgehead atoms. The topological polar surface area (TPSA) is 52.3 Å². The largest absolute Gasteiger partial charge is 0.465 e. The average molecular weight is 205 g/mol. The zero-order valence-electron chi connectivity index (χ0n) is 8.16. The van der Waals surface area contributed by atoms with Gasteiger partial charge < -0.3 is 10.5 Å². The Labute approximate surface area is 85.4 Å². The quantitative estimate of drug-likeness (QED) is 0.375. The predicted octanol–water partition coefficient (Wildman–Crippen LogP) is 1.37. The third-order valence-electron chi connectivity index (χ3n) is 1.74. The maximum atomic E-state index is 11.1. The van der Waals surface area contributed by atoms with Gasteiger partial charge >= 0.3 is 5.97 Å². The molecule has 0 aliphatic carbocycles. The van der Waals surface area contributed by atoms with Gasteiger partial charge in [0.2, 0.25) is 0 Å². The van der Waals surface area contributed by atoms with Crippen LogP contribution >= 0.6 is 12.6 Å². The normalized spacial score (nSPS) is 12.5. The number of nitrogens with two attached hydrogens (primary N) is 1. The van der Waals surface area contributed by atoms with Crippen molar-refractivity contribution < 1.29 is 9.53 Å². The molecule has 3 nitrogen and oxygen atoms in total. The number of carbonyl (C=O) groups is 1. The number of carbonyl (C=O) groups excluding carboxylic acids is 1. The third kappa shape index (κ3) is 6.90. The van der Waals surface area contributed by atoms with Crippen molar-refractivity contribution in [2.24, 2.45) is 5.73 Å². The van der Waals surface area contributed by atoms with Crippen LogP contribution in [0.5, 0.6) is 0 Å². The van der Waals surface area contributed by atoms with Crippen LogP contribution in [0, 0.1) is 0 Å². The van der Waals surface area contributed by atoms with E-state index in [0.29, 0.717) is 18.8 Å². The number of hydrogen-bond donors (Lipinski definition) is 2. The molecule has 78 valence electrons. The monoisotopic (exact) mass is 205 g/mol. The van der Waals surface area contributed by atoms with E-state index in [2.05, 4.69) is 19.6 Å². The fourth-order valence-corrected chi connectivity index (χ4v) is 1.17. The van der Waals surface area contributed by atoms with Crippen LogP contribution in [0.3, 0.4) is 0 Å². The molecule has 4 heteroatoms. The van der Waals surface area contributed by atoms with E-state index in [4.69, 9.17) is 10.5 Å². The molecule has 0 saturated carbocycles. The zero-order valence-corrected chi connectivity index (χ0v) is 9.06. The summed E-state index contributed by atoms with van der Waals surface area (Å²) in [7, 11) is 0. The van der Waals surface area contributed by atoms with Gasteiger partial charge in [0.15, 0.2) is 0 Å². The highest BCUT2D eigenvalue weighted by atomic mass is 32.1. The Bertz CT molecular complexity index is 142. The molecule has 0 radical (unpaired) electrons. The van der Waals surface area contributed by atoms with Crippen LogP contribution < -0.4 is 5.73 Å². The average Bonchev–Trinajstić information content (AvgIpc) is 2.12. The van der Waals surface area contributed by atoms with Crippen LogP contribution in [0.1, 0.15) is 32.6 Å². The van der Waals surface area contributed by atoms with Gasteiger partial charge in [0, 0.05) is 0 Å². The lowest BCUT2D eigenvalue weighted by molar-refractivity contribution is -0.145. The van der Waals surface area contributed by atoms with E-state index in [-0.39, 0.29) is 5.97 Å². The van der Waals surface area contributed by atoms with Gasteiger partial charge in [-0.15, -0.1) is 0 Å². The minimum atomic E-state index is -0.501. The van der Waals surface area contributed by atoms with E-state index in [1.165, 1.54) is 0 Å². The second-order valence-corrected chi connectivity index (χ2v) is 3.44. The molecule has 0 aliphatic heterocycles. The Balaban J connectivity index is 3.38. The van der Waals surface area contributed by atoms with Crippen molar-refractivity contribution in [3.05, 3.63) is 0 Å². The molecular formula is C9H19NO2S. The van der Waals surface area contributed by atoms with Gasteiger partial charge in [0.25, 0.3) is 0 Å². The molecule has 0 spiro atoms. The lowest BCUT2D eigenvalue weighted by Crippen LogP contribution is -2.32. The first-order chi connectivity index (χ1) is 6.22. The van der Waals surface area contributed by atoms with Crippen molar-refractivity contribution >= 4 is 18.6 Å². The van der Waals surface area contributed by atoms with Crippen LogP contribution in [-0.2, 0) is 9.53 Å². The number of thiol groups is 1. The fourth-order valence-electron chi connectivity index (χ4n) is 0.889. The highest BCUT2D eigenvalue weighted by Gasteiger charge is 2.12. The van der Waals surface area contributed by atoms with Crippen molar-refractivity contribution in [3.63, 3.8) is 0 Å². The van der Waals surface area contributed by atoms with Crippen LogP contribution in [0.4, 0.5) is 0 Å². The van der Waals surface area contributed by atoms with Gasteiger partial charge in [-0.25, -0.2) is 0 Å². The molecule has 2 N–H and O–H groups in total. The Kier molecular flexibility index (Phi) is 8.24. The van der Waals surface area contributed by atoms with Gasteiger partial charge in [0.05, 0.1) is 6.61 Å². The third-order valence-corrected chi connectivity index (χ3v) is 1.99. The van der Waals surface area contributed by atoms with E-state index in [9.17, 15) is 4.79 Å². The van der Waals surface area contributed by atoms with Crippen LogP contribution in [0.15, 0.2) is 0 Å². The number of esters is 1. The van der Waals surface area contributed by atoms with E-state index >= 15 is 0 Å². The summed E-state index contributed by atoms with van der Waals surface area (Å²) < 4.78 is 4.96. The van der Waals surface area contributed by atoms with E-state index in [1.807, 2.05) is 0 Å². The molecule has 0 rings (SSSR count). The lowest BCUT2D eigenvalue weighted by Gasteiger charge is -2.09. The predicted molar refractivity (Wildman–Crippen MR) is 56.9 cm³/mol. The highest BCUT2D eigenvalue weighted by Crippen LogP contribution is 1.98. The SMILES string of the molecule is CCCCCOC(=O)[C@@H](N)CCS. The van der Waals surface area contributed by atoms with Gasteiger partial charge in [-0.2, -0.15) is 12.6 Å². The number of hydrogen-bond acceptors (Lipinski definition) is 4. The second kappa shape index (κ2) is 8.38. The van der Waals surface area contributed by atoms with Crippen LogP contribution in [-0.4, -0.2) is 24.4 Å². The first-order valence-corrected chi connectivity index (χ1v) is 5.38. The molecule has 0 aromatic heterocycles. The van der Waals surface area contributed by atoms with E-state index in [1.54, 1.807) is 0 Å². The fraction of sp³-hybridized carbons (Fsp3) is 0.889. The molecule has 0 saturated heterocycles. The first kappa shape index (κ1) is 12.8. The summed E-state index contributed by atoms with van der Waals surface area (Å²) in [5.41, 5.74) is 5.52. The molecule has 13 heavy (non-hydrogen) atoms. The van der Waals surface area contributed by atoms with E-state index < -0.39 is 6.04 Å². The molecule has 0 heterocycles. The minimum absolute atomic E-state index is 0.301. The molecule has 0 aromatic rings. The molecule has 1 atom stereocenters.